The number of aryl methyl sites for hydroxylation is 1. The second kappa shape index (κ2) is 10.7. The maximum Gasteiger partial charge on any atom is 0.255 e. The van der Waals surface area contributed by atoms with E-state index in [-0.39, 0.29) is 22.8 Å². The summed E-state index contributed by atoms with van der Waals surface area (Å²) in [4.78, 5) is 27.6. The first-order valence-electron chi connectivity index (χ1n) is 11.7. The van der Waals surface area contributed by atoms with Crippen LogP contribution in [-0.4, -0.2) is 63.3 Å². The first-order valence-corrected chi connectivity index (χ1v) is 14.7. The largest absolute Gasteiger partial charge is 0.297 e. The molecule has 0 radical (unpaired) electrons. The van der Waals surface area contributed by atoms with Crippen molar-refractivity contribution in [1.29, 1.82) is 0 Å². The lowest BCUT2D eigenvalue weighted by molar-refractivity contribution is 0.0986. The van der Waals surface area contributed by atoms with Gasteiger partial charge in [-0.3, -0.25) is 19.1 Å². The third-order valence-electron chi connectivity index (χ3n) is 6.24. The van der Waals surface area contributed by atoms with Crippen LogP contribution in [0.3, 0.4) is 0 Å². The van der Waals surface area contributed by atoms with Crippen molar-refractivity contribution in [1.82, 2.24) is 24.5 Å². The Morgan fingerprint density at radius 2 is 1.89 bits per heavy atom. The number of hydrogen-bond acceptors (Lipinski definition) is 8. The number of sulfone groups is 1. The SMILES string of the molecule is O=C(CCc1cn(-c2ccc(-n3ccccc3=O)cc2CN2CCS(=O)(=O)CC2)nn1)c1ccc(Cl)s1. The van der Waals surface area contributed by atoms with Crippen molar-refractivity contribution >= 4 is 38.6 Å². The number of aromatic nitrogens is 4. The number of carbonyl (C=O) groups is 1. The Bertz CT molecular complexity index is 1590. The van der Waals surface area contributed by atoms with Crippen molar-refractivity contribution in [2.75, 3.05) is 24.6 Å². The zero-order valence-electron chi connectivity index (χ0n) is 19.8. The molecule has 5 rings (SSSR count). The minimum atomic E-state index is -3.00. The van der Waals surface area contributed by atoms with Crippen molar-refractivity contribution in [3.05, 3.63) is 91.7 Å². The summed E-state index contributed by atoms with van der Waals surface area (Å²) in [7, 11) is -3.00. The van der Waals surface area contributed by atoms with E-state index in [0.29, 0.717) is 53.1 Å². The number of rotatable bonds is 8. The van der Waals surface area contributed by atoms with Gasteiger partial charge in [-0.1, -0.05) is 22.9 Å². The summed E-state index contributed by atoms with van der Waals surface area (Å²) >= 11 is 7.20. The number of hydrogen-bond donors (Lipinski definition) is 0. The number of pyridine rings is 1. The van der Waals surface area contributed by atoms with Crippen molar-refractivity contribution < 1.29 is 13.2 Å². The molecular weight excluding hydrogens is 534 g/mol. The summed E-state index contributed by atoms with van der Waals surface area (Å²) in [6, 6.07) is 14.1. The highest BCUT2D eigenvalue weighted by atomic mass is 35.5. The molecule has 192 valence electrons. The molecule has 3 aromatic heterocycles. The Hall–Kier alpha value is -3.12. The van der Waals surface area contributed by atoms with Crippen LogP contribution in [0, 0.1) is 0 Å². The lowest BCUT2D eigenvalue weighted by Gasteiger charge is -2.27. The van der Waals surface area contributed by atoms with Gasteiger partial charge in [0.2, 0.25) is 0 Å². The van der Waals surface area contributed by atoms with Crippen molar-refractivity contribution in [2.24, 2.45) is 0 Å². The number of Topliss-reactive ketones (excluding diaryl/α,β-unsaturated/α-hetero) is 1. The first kappa shape index (κ1) is 25.5. The van der Waals surface area contributed by atoms with E-state index in [2.05, 4.69) is 15.2 Å². The van der Waals surface area contributed by atoms with Crippen LogP contribution in [0.5, 0.6) is 0 Å². The van der Waals surface area contributed by atoms with E-state index >= 15 is 0 Å². The number of benzene rings is 1. The van der Waals surface area contributed by atoms with Gasteiger partial charge in [0.1, 0.15) is 0 Å². The summed E-state index contributed by atoms with van der Waals surface area (Å²) in [5.41, 5.74) is 2.89. The fraction of sp³-hybridized carbons (Fsp3) is 0.280. The van der Waals surface area contributed by atoms with E-state index in [9.17, 15) is 18.0 Å². The van der Waals surface area contributed by atoms with Gasteiger partial charge in [0.05, 0.1) is 38.3 Å². The molecular formula is C25H24ClN5O4S2. The quantitative estimate of drug-likeness (QED) is 0.306. The van der Waals surface area contributed by atoms with E-state index in [1.165, 1.54) is 17.4 Å². The minimum Gasteiger partial charge on any atom is -0.297 e. The zero-order chi connectivity index (χ0) is 26.0. The fourth-order valence-electron chi connectivity index (χ4n) is 4.22. The normalized spacial score (nSPS) is 15.6. The molecule has 0 amide bonds. The number of halogens is 1. The maximum absolute atomic E-state index is 12.4. The van der Waals surface area contributed by atoms with Gasteiger partial charge < -0.3 is 0 Å². The molecule has 1 aliphatic rings. The second-order valence-electron chi connectivity index (χ2n) is 8.83. The van der Waals surface area contributed by atoms with Crippen LogP contribution in [0.25, 0.3) is 11.4 Å². The Kier molecular flexibility index (Phi) is 7.38. The lowest BCUT2D eigenvalue weighted by Crippen LogP contribution is -2.39. The van der Waals surface area contributed by atoms with Crippen LogP contribution in [-0.2, 0) is 22.8 Å². The molecule has 1 aromatic carbocycles. The van der Waals surface area contributed by atoms with E-state index in [1.807, 2.05) is 18.2 Å². The van der Waals surface area contributed by atoms with Crippen molar-refractivity contribution in [3.63, 3.8) is 0 Å². The molecule has 4 aromatic rings. The van der Waals surface area contributed by atoms with Crippen LogP contribution in [0.15, 0.2) is 65.7 Å². The predicted molar refractivity (Wildman–Crippen MR) is 143 cm³/mol. The van der Waals surface area contributed by atoms with Crippen LogP contribution < -0.4 is 5.56 Å². The smallest absolute Gasteiger partial charge is 0.255 e. The van der Waals surface area contributed by atoms with Crippen LogP contribution in [0.2, 0.25) is 4.34 Å². The number of ketones is 1. The van der Waals surface area contributed by atoms with Crippen LogP contribution >= 0.6 is 22.9 Å². The molecule has 0 atom stereocenters. The van der Waals surface area contributed by atoms with Crippen LogP contribution in [0.1, 0.15) is 27.3 Å². The van der Waals surface area contributed by atoms with Crippen molar-refractivity contribution in [3.8, 4) is 11.4 Å². The van der Waals surface area contributed by atoms with E-state index in [4.69, 9.17) is 11.6 Å². The van der Waals surface area contributed by atoms with Gasteiger partial charge in [0.15, 0.2) is 15.6 Å². The topological polar surface area (TPSA) is 107 Å². The highest BCUT2D eigenvalue weighted by Gasteiger charge is 2.23. The number of carbonyl (C=O) groups excluding carboxylic acids is 1. The molecule has 1 fully saturated rings. The molecule has 0 bridgehead atoms. The van der Waals surface area contributed by atoms with Crippen molar-refractivity contribution in [2.45, 2.75) is 19.4 Å². The molecule has 4 heterocycles. The Labute approximate surface area is 222 Å². The maximum atomic E-state index is 12.4. The molecule has 12 heteroatoms. The molecule has 0 spiro atoms. The van der Waals surface area contributed by atoms with Gasteiger partial charge in [-0.2, -0.15) is 0 Å². The summed E-state index contributed by atoms with van der Waals surface area (Å²) in [5, 5.41) is 8.55. The van der Waals surface area contributed by atoms with E-state index in [0.717, 1.165) is 11.3 Å². The Morgan fingerprint density at radius 3 is 2.62 bits per heavy atom. The molecule has 0 aliphatic carbocycles. The fourth-order valence-corrected chi connectivity index (χ4v) is 6.51. The van der Waals surface area contributed by atoms with Gasteiger partial charge in [-0.15, -0.1) is 16.4 Å². The summed E-state index contributed by atoms with van der Waals surface area (Å²) < 4.78 is 27.6. The average molecular weight is 558 g/mol. The van der Waals surface area contributed by atoms with Crippen LogP contribution in [0.4, 0.5) is 0 Å². The Balaban J connectivity index is 1.40. The van der Waals surface area contributed by atoms with Gasteiger partial charge in [0.25, 0.3) is 5.56 Å². The molecule has 1 saturated heterocycles. The highest BCUT2D eigenvalue weighted by molar-refractivity contribution is 7.91. The first-order chi connectivity index (χ1) is 17.8. The van der Waals surface area contributed by atoms with E-state index in [1.54, 1.807) is 45.9 Å². The van der Waals surface area contributed by atoms with Gasteiger partial charge in [-0.25, -0.2) is 13.1 Å². The second-order valence-corrected chi connectivity index (χ2v) is 12.8. The third-order valence-corrected chi connectivity index (χ3v) is 9.12. The average Bonchev–Trinajstić information content (AvgIpc) is 3.53. The summed E-state index contributed by atoms with van der Waals surface area (Å²) in [6.45, 7) is 1.37. The standard InChI is InChI=1S/C25H24ClN5O4S2/c26-24-9-8-23(36-24)22(32)7-4-19-17-31(28-27-19)21-6-5-20(30-10-2-1-3-25(30)33)15-18(21)16-29-11-13-37(34,35)14-12-29/h1-3,5-6,8-10,15,17H,4,7,11-14,16H2. The number of thiophene rings is 1. The minimum absolute atomic E-state index is 0.00449. The van der Waals surface area contributed by atoms with Gasteiger partial charge in [-0.05, 0) is 42.0 Å². The molecule has 9 nitrogen and oxygen atoms in total. The monoisotopic (exact) mass is 557 g/mol. The lowest BCUT2D eigenvalue weighted by atomic mass is 10.1. The number of nitrogens with zero attached hydrogens (tertiary/aromatic N) is 5. The Morgan fingerprint density at radius 1 is 1.08 bits per heavy atom. The predicted octanol–water partition coefficient (Wildman–Crippen LogP) is 3.18. The third kappa shape index (κ3) is 6.07. The summed E-state index contributed by atoms with van der Waals surface area (Å²) in [5.74, 6) is 0.249. The molecule has 0 N–H and O–H groups in total. The van der Waals surface area contributed by atoms with E-state index < -0.39 is 9.84 Å². The molecule has 1 aliphatic heterocycles. The highest BCUT2D eigenvalue weighted by Crippen LogP contribution is 2.24. The van der Waals surface area contributed by atoms with Gasteiger partial charge >= 0.3 is 0 Å². The summed E-state index contributed by atoms with van der Waals surface area (Å²) in [6.07, 6.45) is 4.23. The molecule has 0 saturated carbocycles. The molecule has 0 unspecified atom stereocenters. The molecule has 37 heavy (non-hydrogen) atoms. The van der Waals surface area contributed by atoms with Gasteiger partial charge in [0, 0.05) is 50.4 Å². The zero-order valence-corrected chi connectivity index (χ0v) is 22.2.